The number of carbonyl (C=O) groups excluding carboxylic acids is 2. The molecule has 0 spiro atoms. The normalized spacial score (nSPS) is 16.0. The average Bonchev–Trinajstić information content (AvgIpc) is 3.61. The van der Waals surface area contributed by atoms with E-state index < -0.39 is 17.7 Å². The number of carbonyl (C=O) groups is 2. The van der Waals surface area contributed by atoms with Gasteiger partial charge in [-0.05, 0) is 66.4 Å². The number of unbranched alkanes of at least 4 members (excludes halogenated alkanes) is 1. The smallest absolute Gasteiger partial charge is 0.301 e. The van der Waals surface area contributed by atoms with Gasteiger partial charge < -0.3 is 14.6 Å². The molecule has 0 aliphatic carbocycles. The van der Waals surface area contributed by atoms with Crippen molar-refractivity contribution in [2.75, 3.05) is 18.1 Å². The van der Waals surface area contributed by atoms with Crippen molar-refractivity contribution in [3.8, 4) is 11.5 Å². The summed E-state index contributed by atoms with van der Waals surface area (Å²) < 4.78 is 12.1. The molecule has 3 aromatic carbocycles. The lowest BCUT2D eigenvalue weighted by Crippen LogP contribution is -2.29. The highest BCUT2D eigenvalue weighted by molar-refractivity contribution is 8.00. The van der Waals surface area contributed by atoms with Crippen LogP contribution in [0, 0.1) is 0 Å². The molecule has 228 valence electrons. The number of aromatic nitrogens is 2. The van der Waals surface area contributed by atoms with Crippen molar-refractivity contribution < 1.29 is 24.2 Å². The van der Waals surface area contributed by atoms with E-state index in [0.29, 0.717) is 51.0 Å². The Bertz CT molecular complexity index is 1640. The van der Waals surface area contributed by atoms with Crippen molar-refractivity contribution in [3.63, 3.8) is 0 Å². The van der Waals surface area contributed by atoms with Crippen LogP contribution in [-0.2, 0) is 15.3 Å². The van der Waals surface area contributed by atoms with Gasteiger partial charge in [-0.1, -0.05) is 85.3 Å². The molecule has 1 fully saturated rings. The molecule has 2 heterocycles. The quantitative estimate of drug-likeness (QED) is 0.0387. The summed E-state index contributed by atoms with van der Waals surface area (Å²) in [6.45, 7) is 5.26. The molecule has 0 radical (unpaired) electrons. The lowest BCUT2D eigenvalue weighted by atomic mass is 9.95. The fourth-order valence-electron chi connectivity index (χ4n) is 4.62. The first-order chi connectivity index (χ1) is 21.4. The topological polar surface area (TPSA) is 102 Å². The zero-order chi connectivity index (χ0) is 31.1. The fraction of sp³-hybridized carbons (Fsp3) is 0.273. The summed E-state index contributed by atoms with van der Waals surface area (Å²) in [5.74, 6) is 0.0167. The number of ether oxygens (including phenoxy) is 2. The standard InChI is InChI=1S/C33H32ClN3O5S2/c1-3-5-19-42-25-16-12-22(13-17-25)29(38)27-28(21-10-14-24(15-11-21)41-18-4-2)37(31(40)30(27)39)32-35-36-33(44-32)43-20-23-8-6-7-9-26(23)34/h6-17,28,38H,3-5,18-20H2,1-2H3/b29-27-. The monoisotopic (exact) mass is 649 g/mol. The number of aliphatic hydroxyl groups is 1. The zero-order valence-electron chi connectivity index (χ0n) is 24.4. The third-order valence-electron chi connectivity index (χ3n) is 6.92. The van der Waals surface area contributed by atoms with Crippen LogP contribution in [0.25, 0.3) is 5.76 Å². The molecule has 0 saturated carbocycles. The van der Waals surface area contributed by atoms with Gasteiger partial charge in [0.2, 0.25) is 5.13 Å². The van der Waals surface area contributed by atoms with Crippen LogP contribution in [0.15, 0.2) is 82.7 Å². The second-order valence-electron chi connectivity index (χ2n) is 10.0. The van der Waals surface area contributed by atoms with Gasteiger partial charge in [0, 0.05) is 16.3 Å². The maximum absolute atomic E-state index is 13.6. The number of aliphatic hydroxyl groups excluding tert-OH is 1. The molecule has 1 aromatic heterocycles. The first-order valence-electron chi connectivity index (χ1n) is 14.4. The van der Waals surface area contributed by atoms with Gasteiger partial charge in [0.15, 0.2) is 4.34 Å². The van der Waals surface area contributed by atoms with E-state index in [-0.39, 0.29) is 16.5 Å². The molecule has 1 atom stereocenters. The van der Waals surface area contributed by atoms with E-state index >= 15 is 0 Å². The molecule has 1 saturated heterocycles. The number of halogens is 1. The van der Waals surface area contributed by atoms with Crippen molar-refractivity contribution in [2.45, 2.75) is 49.2 Å². The molecule has 5 rings (SSSR count). The Morgan fingerprint density at radius 2 is 1.61 bits per heavy atom. The number of benzene rings is 3. The first-order valence-corrected chi connectivity index (χ1v) is 16.6. The van der Waals surface area contributed by atoms with Crippen molar-refractivity contribution in [3.05, 3.63) is 100 Å². The summed E-state index contributed by atoms with van der Waals surface area (Å²) in [5.41, 5.74) is 1.93. The second kappa shape index (κ2) is 14.7. The number of hydrogen-bond donors (Lipinski definition) is 1. The van der Waals surface area contributed by atoms with E-state index in [9.17, 15) is 14.7 Å². The van der Waals surface area contributed by atoms with Crippen LogP contribution >= 0.6 is 34.7 Å². The number of Topliss-reactive ketones (excluding diaryl/α,β-unsaturated/α-hetero) is 1. The van der Waals surface area contributed by atoms with Crippen LogP contribution < -0.4 is 14.4 Å². The number of thioether (sulfide) groups is 1. The minimum absolute atomic E-state index is 0.0302. The third-order valence-corrected chi connectivity index (χ3v) is 9.39. The Morgan fingerprint density at radius 3 is 2.30 bits per heavy atom. The van der Waals surface area contributed by atoms with Crippen LogP contribution in [0.3, 0.4) is 0 Å². The molecular formula is C33H32ClN3O5S2. The van der Waals surface area contributed by atoms with E-state index in [1.807, 2.05) is 31.2 Å². The van der Waals surface area contributed by atoms with E-state index in [1.54, 1.807) is 48.5 Å². The van der Waals surface area contributed by atoms with Gasteiger partial charge in [0.1, 0.15) is 17.3 Å². The molecule has 44 heavy (non-hydrogen) atoms. The third kappa shape index (κ3) is 7.09. The van der Waals surface area contributed by atoms with E-state index in [4.69, 9.17) is 21.1 Å². The zero-order valence-corrected chi connectivity index (χ0v) is 26.8. The Morgan fingerprint density at radius 1 is 0.932 bits per heavy atom. The molecule has 1 unspecified atom stereocenters. The number of rotatable bonds is 13. The number of nitrogens with zero attached hydrogens (tertiary/aromatic N) is 3. The summed E-state index contributed by atoms with van der Waals surface area (Å²) >= 11 is 8.95. The predicted molar refractivity (Wildman–Crippen MR) is 175 cm³/mol. The van der Waals surface area contributed by atoms with Gasteiger partial charge in [-0.3, -0.25) is 14.5 Å². The van der Waals surface area contributed by atoms with Gasteiger partial charge in [-0.25, -0.2) is 0 Å². The molecule has 8 nitrogen and oxygen atoms in total. The van der Waals surface area contributed by atoms with Crippen LogP contribution in [0.4, 0.5) is 5.13 Å². The second-order valence-corrected chi connectivity index (χ2v) is 12.6. The first kappa shape index (κ1) is 31.6. The Balaban J connectivity index is 1.49. The fourth-order valence-corrected chi connectivity index (χ4v) is 6.78. The van der Waals surface area contributed by atoms with E-state index in [1.165, 1.54) is 28.0 Å². The summed E-state index contributed by atoms with van der Waals surface area (Å²) in [6, 6.07) is 20.6. The number of anilines is 1. The lowest BCUT2D eigenvalue weighted by molar-refractivity contribution is -0.132. The minimum Gasteiger partial charge on any atom is -0.507 e. The maximum atomic E-state index is 13.6. The highest BCUT2D eigenvalue weighted by Crippen LogP contribution is 2.44. The molecule has 1 N–H and O–H groups in total. The summed E-state index contributed by atoms with van der Waals surface area (Å²) in [7, 11) is 0. The largest absolute Gasteiger partial charge is 0.507 e. The molecule has 4 aromatic rings. The Hall–Kier alpha value is -3.86. The maximum Gasteiger partial charge on any atom is 0.301 e. The highest BCUT2D eigenvalue weighted by Gasteiger charge is 2.48. The van der Waals surface area contributed by atoms with E-state index in [2.05, 4.69) is 17.1 Å². The van der Waals surface area contributed by atoms with Crippen LogP contribution in [0.5, 0.6) is 11.5 Å². The Kier molecular flexibility index (Phi) is 10.6. The molecule has 11 heteroatoms. The van der Waals surface area contributed by atoms with Gasteiger partial charge in [-0.2, -0.15) is 0 Å². The lowest BCUT2D eigenvalue weighted by Gasteiger charge is -2.22. The molecule has 1 aliphatic rings. The number of ketones is 1. The molecule has 0 bridgehead atoms. The van der Waals surface area contributed by atoms with Crippen molar-refractivity contribution in [1.82, 2.24) is 10.2 Å². The van der Waals surface area contributed by atoms with Crippen LogP contribution in [0.1, 0.15) is 55.8 Å². The number of amides is 1. The molecule has 1 aliphatic heterocycles. The Labute approximate surface area is 269 Å². The van der Waals surface area contributed by atoms with E-state index in [0.717, 1.165) is 24.8 Å². The molecular weight excluding hydrogens is 618 g/mol. The highest BCUT2D eigenvalue weighted by atomic mass is 35.5. The van der Waals surface area contributed by atoms with Gasteiger partial charge in [0.05, 0.1) is 24.8 Å². The van der Waals surface area contributed by atoms with Gasteiger partial charge >= 0.3 is 5.91 Å². The number of hydrogen-bond acceptors (Lipinski definition) is 9. The van der Waals surface area contributed by atoms with Gasteiger partial charge in [-0.15, -0.1) is 10.2 Å². The summed E-state index contributed by atoms with van der Waals surface area (Å²) in [6.07, 6.45) is 2.80. The molecule has 1 amide bonds. The predicted octanol–water partition coefficient (Wildman–Crippen LogP) is 8.08. The average molecular weight is 650 g/mol. The van der Waals surface area contributed by atoms with Crippen molar-refractivity contribution in [2.24, 2.45) is 0 Å². The van der Waals surface area contributed by atoms with Crippen molar-refractivity contribution in [1.29, 1.82) is 0 Å². The van der Waals surface area contributed by atoms with Crippen LogP contribution in [0.2, 0.25) is 5.02 Å². The summed E-state index contributed by atoms with van der Waals surface area (Å²) in [5, 5.41) is 21.0. The van der Waals surface area contributed by atoms with Crippen LogP contribution in [-0.4, -0.2) is 40.2 Å². The SMILES string of the molecule is CCCCOc1ccc(/C(O)=C2/C(=O)C(=O)N(c3nnc(SCc4ccccc4Cl)s3)C2c2ccc(OCCC)cc2)cc1. The van der Waals surface area contributed by atoms with Gasteiger partial charge in [0.25, 0.3) is 5.78 Å². The minimum atomic E-state index is -0.926. The van der Waals surface area contributed by atoms with Crippen molar-refractivity contribution >= 4 is 57.3 Å². The summed E-state index contributed by atoms with van der Waals surface area (Å²) in [4.78, 5) is 28.5.